The average molecular weight is 858 g/mol. The topological polar surface area (TPSA) is 175 Å². The average Bonchev–Trinajstić information content (AvgIpc) is 3.56. The van der Waals surface area contributed by atoms with Crippen molar-refractivity contribution in [2.24, 2.45) is 23.7 Å². The molecule has 1 saturated carbocycles. The number of nitrogens with one attached hydrogen (secondary N) is 4. The minimum atomic E-state index is -0.718. The molecule has 0 radical (unpaired) electrons. The first kappa shape index (κ1) is 41.0. The number of amides is 4. The van der Waals surface area contributed by atoms with E-state index in [9.17, 15) is 19.2 Å². The molecular weight excluding hydrogens is 804 g/mol. The smallest absolute Gasteiger partial charge is 0.407 e. The molecular formula is C43H53BrN8O6. The fourth-order valence-corrected chi connectivity index (χ4v) is 9.11. The fourth-order valence-electron chi connectivity index (χ4n) is 8.59. The molecule has 3 fully saturated rings. The first-order valence-corrected chi connectivity index (χ1v) is 20.8. The number of imidazole rings is 2. The van der Waals surface area contributed by atoms with Gasteiger partial charge in [-0.25, -0.2) is 19.6 Å². The van der Waals surface area contributed by atoms with Crippen LogP contribution in [0.15, 0.2) is 59.3 Å². The van der Waals surface area contributed by atoms with Crippen molar-refractivity contribution < 1.29 is 28.7 Å². The zero-order valence-electron chi connectivity index (χ0n) is 34.2. The van der Waals surface area contributed by atoms with Gasteiger partial charge in [0, 0.05) is 17.6 Å². The minimum absolute atomic E-state index is 0.0340. The van der Waals surface area contributed by atoms with Crippen molar-refractivity contribution in [3.05, 3.63) is 71.0 Å². The lowest BCUT2D eigenvalue weighted by Gasteiger charge is -2.33. The van der Waals surface area contributed by atoms with Crippen LogP contribution in [0.1, 0.15) is 84.5 Å². The van der Waals surface area contributed by atoms with E-state index in [1.807, 2.05) is 62.7 Å². The van der Waals surface area contributed by atoms with Crippen molar-refractivity contribution in [2.75, 3.05) is 14.2 Å². The normalized spacial score (nSPS) is 23.4. The highest BCUT2D eigenvalue weighted by Gasteiger charge is 2.56. The molecule has 2 aromatic heterocycles. The van der Waals surface area contributed by atoms with Crippen LogP contribution in [0.4, 0.5) is 9.59 Å². The largest absolute Gasteiger partial charge is 0.453 e. The van der Waals surface area contributed by atoms with Gasteiger partial charge in [0.2, 0.25) is 11.8 Å². The lowest BCUT2D eigenvalue weighted by Crippen LogP contribution is -2.53. The number of likely N-dealkylation sites (tertiary alicyclic amines) is 2. The van der Waals surface area contributed by atoms with Gasteiger partial charge in [-0.1, -0.05) is 83.1 Å². The van der Waals surface area contributed by atoms with Crippen LogP contribution in [0, 0.1) is 23.7 Å². The number of H-pyrrole nitrogens is 2. The lowest BCUT2D eigenvalue weighted by atomic mass is 10.0. The van der Waals surface area contributed by atoms with Gasteiger partial charge >= 0.3 is 12.2 Å². The summed E-state index contributed by atoms with van der Waals surface area (Å²) in [6.45, 7) is 11.8. The van der Waals surface area contributed by atoms with Crippen molar-refractivity contribution in [1.82, 2.24) is 40.4 Å². The van der Waals surface area contributed by atoms with Gasteiger partial charge in [0.05, 0.1) is 38.2 Å². The molecule has 2 saturated heterocycles. The van der Waals surface area contributed by atoms with Crippen LogP contribution in [-0.2, 0) is 19.1 Å². The summed E-state index contributed by atoms with van der Waals surface area (Å²) in [6, 6.07) is 14.7. The predicted octanol–water partition coefficient (Wildman–Crippen LogP) is 7.62. The van der Waals surface area contributed by atoms with Gasteiger partial charge in [0.25, 0.3) is 0 Å². The third-order valence-corrected chi connectivity index (χ3v) is 12.8. The Morgan fingerprint density at radius 1 is 0.724 bits per heavy atom. The van der Waals surface area contributed by atoms with Crippen LogP contribution in [0.5, 0.6) is 0 Å². The van der Waals surface area contributed by atoms with E-state index in [1.165, 1.54) is 14.2 Å². The molecule has 1 unspecified atom stereocenters. The number of carbonyl (C=O) groups excluding carboxylic acids is 4. The Kier molecular flexibility index (Phi) is 11.7. The maximum atomic E-state index is 13.9. The number of rotatable bonds is 11. The van der Waals surface area contributed by atoms with Gasteiger partial charge < -0.3 is 39.9 Å². The molecule has 0 bridgehead atoms. The third-order valence-electron chi connectivity index (χ3n) is 12.2. The van der Waals surface area contributed by atoms with Gasteiger partial charge in [0.1, 0.15) is 34.0 Å². The van der Waals surface area contributed by atoms with E-state index in [4.69, 9.17) is 19.4 Å². The molecule has 4 amide bonds. The number of methoxy groups -OCH3 is 2. The van der Waals surface area contributed by atoms with Crippen LogP contribution < -0.4 is 10.6 Å². The number of carbonyl (C=O) groups is 4. The van der Waals surface area contributed by atoms with Gasteiger partial charge in [-0.2, -0.15) is 0 Å². The van der Waals surface area contributed by atoms with Gasteiger partial charge in [0.15, 0.2) is 0 Å². The van der Waals surface area contributed by atoms with Gasteiger partial charge in [-0.3, -0.25) is 9.59 Å². The maximum absolute atomic E-state index is 13.9. The first-order valence-electron chi connectivity index (χ1n) is 20.0. The summed E-state index contributed by atoms with van der Waals surface area (Å²) in [5.74, 6) is 1.60. The molecule has 3 aliphatic rings. The molecule has 15 heteroatoms. The van der Waals surface area contributed by atoms with E-state index in [-0.39, 0.29) is 53.7 Å². The van der Waals surface area contributed by atoms with Crippen molar-refractivity contribution in [3.8, 4) is 33.6 Å². The number of hydrogen-bond donors (Lipinski definition) is 4. The second-order valence-electron chi connectivity index (χ2n) is 16.6. The van der Waals surface area contributed by atoms with E-state index in [0.29, 0.717) is 11.7 Å². The molecule has 7 rings (SSSR count). The van der Waals surface area contributed by atoms with E-state index in [2.05, 4.69) is 79.9 Å². The van der Waals surface area contributed by atoms with Crippen LogP contribution in [-0.4, -0.2) is 92.1 Å². The Morgan fingerprint density at radius 2 is 1.24 bits per heavy atom. The van der Waals surface area contributed by atoms with Crippen LogP contribution in [0.25, 0.3) is 33.6 Å². The maximum Gasteiger partial charge on any atom is 0.407 e. The Bertz CT molecular complexity index is 2150. The summed E-state index contributed by atoms with van der Waals surface area (Å²) >= 11 is 3.69. The number of nitrogens with zero attached hydrogens (tertiary/aromatic N) is 4. The number of benzene rings is 2. The second kappa shape index (κ2) is 16.6. The molecule has 0 spiro atoms. The summed E-state index contributed by atoms with van der Waals surface area (Å²) < 4.78 is 10.3. The van der Waals surface area contributed by atoms with Crippen LogP contribution in [0.3, 0.4) is 0 Å². The third kappa shape index (κ3) is 7.97. The molecule has 14 nitrogen and oxygen atoms in total. The highest BCUT2D eigenvalue weighted by molar-refractivity contribution is 9.10. The number of alkyl carbamates (subject to hydrolysis) is 2. The summed E-state index contributed by atoms with van der Waals surface area (Å²) in [5.41, 5.74) is 5.60. The van der Waals surface area contributed by atoms with Crippen molar-refractivity contribution in [3.63, 3.8) is 0 Å². The first-order chi connectivity index (χ1) is 27.7. The standard InChI is InChI=1S/C43H53BrN8O6/c1-21(2)34(48-42(55)57-7)40(53)51-24(6)23(5)17-32(51)38-45-20-30(46-38)27-13-9-25(10-14-27)26-11-15-28(16-12-26)36-37(44)50-39(47-36)33-19-29-18-31(29)52(33)41(54)35(22(3)4)49-43(56)58-8/h9-16,20-24,29,31-35H,17-19H2,1-8H3,(H,45,46)(H,47,50)(H,48,55)(H,49,56)/t23-,24-,29-,31?,32+,33+,34+,35+/m1/s1. The molecule has 1 aliphatic carbocycles. The SMILES string of the molecule is COC(=O)N[C@H](C(=O)N1C2C[C@@H]2C[C@H]1c1nc(-c2ccc(-c3ccc(-c4cnc([C@@H]5C[C@@H](C)[C@@H](C)N5C(=O)[C@@H](NC(=O)OC)C(C)C)[nH]4)cc3)cc2)c(Br)[nH]1)C(C)C. The number of aromatic amines is 2. The van der Waals surface area contributed by atoms with Gasteiger partial charge in [-0.05, 0) is 82.5 Å². The number of halogens is 1. The molecule has 2 aromatic carbocycles. The van der Waals surface area contributed by atoms with Gasteiger partial charge in [-0.15, -0.1) is 0 Å². The monoisotopic (exact) mass is 856 g/mol. The minimum Gasteiger partial charge on any atom is -0.453 e. The molecule has 8 atom stereocenters. The van der Waals surface area contributed by atoms with E-state index in [0.717, 1.165) is 63.3 Å². The van der Waals surface area contributed by atoms with E-state index < -0.39 is 24.3 Å². The predicted molar refractivity (Wildman–Crippen MR) is 222 cm³/mol. The highest BCUT2D eigenvalue weighted by Crippen LogP contribution is 2.54. The van der Waals surface area contributed by atoms with Crippen molar-refractivity contribution in [1.29, 1.82) is 0 Å². The van der Waals surface area contributed by atoms with Crippen LogP contribution >= 0.6 is 15.9 Å². The fraction of sp³-hybridized carbons (Fsp3) is 0.488. The zero-order chi connectivity index (χ0) is 41.6. The highest BCUT2D eigenvalue weighted by atomic mass is 79.9. The number of aromatic nitrogens is 4. The zero-order valence-corrected chi connectivity index (χ0v) is 35.8. The quantitative estimate of drug-likeness (QED) is 0.119. The molecule has 58 heavy (non-hydrogen) atoms. The summed E-state index contributed by atoms with van der Waals surface area (Å²) in [7, 11) is 2.59. The summed E-state index contributed by atoms with van der Waals surface area (Å²) in [6.07, 6.45) is 3.09. The number of piperidine rings is 1. The molecule has 308 valence electrons. The lowest BCUT2D eigenvalue weighted by molar-refractivity contribution is -0.138. The van der Waals surface area contributed by atoms with Crippen LogP contribution in [0.2, 0.25) is 0 Å². The number of fused-ring (bicyclic) bond motifs is 1. The number of hydrogen-bond acceptors (Lipinski definition) is 8. The summed E-state index contributed by atoms with van der Waals surface area (Å²) in [4.78, 5) is 72.3. The Labute approximate surface area is 347 Å². The summed E-state index contributed by atoms with van der Waals surface area (Å²) in [5, 5.41) is 5.47. The van der Waals surface area contributed by atoms with E-state index in [1.54, 1.807) is 0 Å². The Balaban J connectivity index is 1.04. The second-order valence-corrected chi connectivity index (χ2v) is 17.4. The molecule has 4 heterocycles. The Hall–Kier alpha value is -5.18. The molecule has 2 aliphatic heterocycles. The Morgan fingerprint density at radius 3 is 1.79 bits per heavy atom. The van der Waals surface area contributed by atoms with E-state index >= 15 is 0 Å². The molecule has 4 aromatic rings. The van der Waals surface area contributed by atoms with Crippen molar-refractivity contribution >= 4 is 39.9 Å². The number of ether oxygens (including phenoxy) is 2. The van der Waals surface area contributed by atoms with Crippen molar-refractivity contribution in [2.45, 2.75) is 97.1 Å². The molecule has 4 N–H and O–H groups in total.